The van der Waals surface area contributed by atoms with E-state index in [1.807, 2.05) is 0 Å². The minimum absolute atomic E-state index is 0.157. The lowest BCUT2D eigenvalue weighted by atomic mass is 10.2. The van der Waals surface area contributed by atoms with Crippen molar-refractivity contribution >= 4 is 5.97 Å². The highest BCUT2D eigenvalue weighted by molar-refractivity contribution is 5.69. The van der Waals surface area contributed by atoms with Crippen LogP contribution in [0.1, 0.15) is 58.8 Å². The van der Waals surface area contributed by atoms with Gasteiger partial charge in [0.1, 0.15) is 6.61 Å². The molecule has 0 radical (unpaired) electrons. The molecule has 0 amide bonds. The fourth-order valence-electron chi connectivity index (χ4n) is 3.34. The van der Waals surface area contributed by atoms with E-state index in [9.17, 15) is 4.79 Å². The lowest BCUT2D eigenvalue weighted by molar-refractivity contribution is -0.145. The Morgan fingerprint density at radius 2 is 0.581 bits per heavy atom. The highest BCUT2D eigenvalue weighted by Crippen LogP contribution is 2.00. The van der Waals surface area contributed by atoms with Crippen LogP contribution in [-0.4, -0.2) is 145 Å². The van der Waals surface area contributed by atoms with Crippen LogP contribution in [0.5, 0.6) is 0 Å². The molecule has 12 heteroatoms. The summed E-state index contributed by atoms with van der Waals surface area (Å²) in [7, 11) is 0. The van der Waals surface area contributed by atoms with Crippen molar-refractivity contribution in [3.05, 3.63) is 0 Å². The van der Waals surface area contributed by atoms with Gasteiger partial charge in [-0.05, 0) is 12.8 Å². The second-order valence-corrected chi connectivity index (χ2v) is 9.51. The summed E-state index contributed by atoms with van der Waals surface area (Å²) in [6, 6.07) is 0. The zero-order valence-corrected chi connectivity index (χ0v) is 27.2. The summed E-state index contributed by atoms with van der Waals surface area (Å²) in [5.74, 6) is -0.157. The molecule has 0 aromatic heterocycles. The molecule has 0 aromatic carbocycles. The van der Waals surface area contributed by atoms with Gasteiger partial charge in [0.2, 0.25) is 0 Å². The van der Waals surface area contributed by atoms with Crippen LogP contribution in [-0.2, 0) is 56.9 Å². The van der Waals surface area contributed by atoms with Crippen molar-refractivity contribution in [1.82, 2.24) is 0 Å². The first-order valence-corrected chi connectivity index (χ1v) is 16.2. The van der Waals surface area contributed by atoms with Gasteiger partial charge in [0.25, 0.3) is 0 Å². The van der Waals surface area contributed by atoms with E-state index < -0.39 is 0 Å². The summed E-state index contributed by atoms with van der Waals surface area (Å²) in [4.78, 5) is 11.4. The second kappa shape index (κ2) is 39.1. The Morgan fingerprint density at radius 3 is 0.884 bits per heavy atom. The molecular weight excluding hydrogens is 564 g/mol. The predicted molar refractivity (Wildman–Crippen MR) is 163 cm³/mol. The van der Waals surface area contributed by atoms with Crippen molar-refractivity contribution in [1.29, 1.82) is 0 Å². The molecule has 12 nitrogen and oxygen atoms in total. The maximum Gasteiger partial charge on any atom is 0.305 e. The fourth-order valence-corrected chi connectivity index (χ4v) is 3.34. The number of unbranched alkanes of at least 4 members (excludes halogenated alkanes) is 4. The maximum atomic E-state index is 11.4. The SMILES string of the molecule is CCCCCOCCOCCOCCOCCOCCOCCOCCOCCOCCOCCOC(=O)CCCCC. The van der Waals surface area contributed by atoms with E-state index in [0.717, 1.165) is 32.3 Å². The number of hydrogen-bond donors (Lipinski definition) is 0. The van der Waals surface area contributed by atoms with Crippen LogP contribution in [0.25, 0.3) is 0 Å². The van der Waals surface area contributed by atoms with E-state index in [-0.39, 0.29) is 12.6 Å². The van der Waals surface area contributed by atoms with Gasteiger partial charge in [0, 0.05) is 13.0 Å². The van der Waals surface area contributed by atoms with E-state index in [2.05, 4.69) is 13.8 Å². The lowest BCUT2D eigenvalue weighted by Gasteiger charge is -2.09. The van der Waals surface area contributed by atoms with Crippen molar-refractivity contribution in [3.8, 4) is 0 Å². The van der Waals surface area contributed by atoms with E-state index in [0.29, 0.717) is 132 Å². The van der Waals surface area contributed by atoms with E-state index in [1.165, 1.54) is 12.8 Å². The predicted octanol–water partition coefficient (Wildman–Crippen LogP) is 3.47. The van der Waals surface area contributed by atoms with Gasteiger partial charge in [-0.25, -0.2) is 0 Å². The van der Waals surface area contributed by atoms with Gasteiger partial charge in [0.05, 0.1) is 126 Å². The van der Waals surface area contributed by atoms with E-state index >= 15 is 0 Å². The van der Waals surface area contributed by atoms with Crippen LogP contribution in [0.15, 0.2) is 0 Å². The minimum atomic E-state index is -0.157. The summed E-state index contributed by atoms with van der Waals surface area (Å²) in [6.07, 6.45) is 7.04. The summed E-state index contributed by atoms with van der Waals surface area (Å²) >= 11 is 0. The Morgan fingerprint density at radius 1 is 0.326 bits per heavy atom. The molecule has 0 aromatic rings. The summed E-state index contributed by atoms with van der Waals surface area (Å²) in [5, 5.41) is 0. The quantitative estimate of drug-likeness (QED) is 0.0738. The highest BCUT2D eigenvalue weighted by atomic mass is 16.6. The second-order valence-electron chi connectivity index (χ2n) is 9.51. The van der Waals surface area contributed by atoms with E-state index in [4.69, 9.17) is 52.1 Å². The molecule has 0 fully saturated rings. The number of esters is 1. The van der Waals surface area contributed by atoms with Crippen LogP contribution >= 0.6 is 0 Å². The molecule has 0 aliphatic carbocycles. The zero-order chi connectivity index (χ0) is 31.2. The average Bonchev–Trinajstić information content (AvgIpc) is 3.01. The first kappa shape index (κ1) is 42.1. The summed E-state index contributed by atoms with van der Waals surface area (Å²) in [5.41, 5.74) is 0. The van der Waals surface area contributed by atoms with Crippen molar-refractivity contribution in [2.45, 2.75) is 58.8 Å². The third-order valence-electron chi connectivity index (χ3n) is 5.72. The molecule has 0 rings (SSSR count). The fraction of sp³-hybridized carbons (Fsp3) is 0.968. The van der Waals surface area contributed by atoms with Gasteiger partial charge in [-0.1, -0.05) is 39.5 Å². The lowest BCUT2D eigenvalue weighted by Crippen LogP contribution is -2.15. The molecule has 0 aliphatic rings. The number of hydrogen-bond acceptors (Lipinski definition) is 12. The average molecular weight is 627 g/mol. The Balaban J connectivity index is 3.06. The van der Waals surface area contributed by atoms with Crippen LogP contribution < -0.4 is 0 Å². The van der Waals surface area contributed by atoms with Gasteiger partial charge < -0.3 is 52.1 Å². The zero-order valence-electron chi connectivity index (χ0n) is 27.2. The van der Waals surface area contributed by atoms with Crippen LogP contribution in [0.3, 0.4) is 0 Å². The Hall–Kier alpha value is -0.930. The molecule has 0 N–H and O–H groups in total. The van der Waals surface area contributed by atoms with E-state index in [1.54, 1.807) is 0 Å². The molecular formula is C31H62O12. The van der Waals surface area contributed by atoms with Gasteiger partial charge in [-0.3, -0.25) is 4.79 Å². The Labute approximate surface area is 260 Å². The highest BCUT2D eigenvalue weighted by Gasteiger charge is 2.02. The minimum Gasteiger partial charge on any atom is -0.463 e. The molecule has 0 spiro atoms. The molecule has 0 bridgehead atoms. The summed E-state index contributed by atoms with van der Waals surface area (Å²) in [6.45, 7) is 15.2. The molecule has 0 saturated heterocycles. The van der Waals surface area contributed by atoms with Crippen molar-refractivity contribution in [3.63, 3.8) is 0 Å². The maximum absolute atomic E-state index is 11.4. The molecule has 0 aliphatic heterocycles. The summed E-state index contributed by atoms with van der Waals surface area (Å²) < 4.78 is 59.6. The standard InChI is InChI=1S/C31H62O12/c1-3-5-7-9-31(32)43-30-29-42-28-27-41-26-25-40-24-23-39-22-21-38-20-19-37-18-17-36-16-15-35-14-13-34-12-11-33-10-8-6-4-2/h3-30H2,1-2H3. The Kier molecular flexibility index (Phi) is 38.2. The molecule has 0 saturated carbocycles. The third kappa shape index (κ3) is 39.0. The topological polar surface area (TPSA) is 119 Å². The van der Waals surface area contributed by atoms with Crippen LogP contribution in [0, 0.1) is 0 Å². The largest absolute Gasteiger partial charge is 0.463 e. The third-order valence-corrected chi connectivity index (χ3v) is 5.72. The Bertz CT molecular complexity index is 527. The van der Waals surface area contributed by atoms with Crippen molar-refractivity contribution in [2.75, 3.05) is 139 Å². The number of ether oxygens (including phenoxy) is 11. The molecule has 258 valence electrons. The molecule has 0 unspecified atom stereocenters. The first-order valence-electron chi connectivity index (χ1n) is 16.2. The van der Waals surface area contributed by atoms with Gasteiger partial charge in [0.15, 0.2) is 0 Å². The number of carbonyl (C=O) groups is 1. The van der Waals surface area contributed by atoms with Crippen LogP contribution in [0.4, 0.5) is 0 Å². The van der Waals surface area contributed by atoms with Gasteiger partial charge in [-0.15, -0.1) is 0 Å². The normalized spacial score (nSPS) is 11.4. The van der Waals surface area contributed by atoms with Gasteiger partial charge in [-0.2, -0.15) is 0 Å². The van der Waals surface area contributed by atoms with Crippen molar-refractivity contribution in [2.24, 2.45) is 0 Å². The van der Waals surface area contributed by atoms with Crippen LogP contribution in [0.2, 0.25) is 0 Å². The molecule has 0 atom stereocenters. The number of rotatable bonds is 38. The molecule has 43 heavy (non-hydrogen) atoms. The van der Waals surface area contributed by atoms with Gasteiger partial charge >= 0.3 is 5.97 Å². The van der Waals surface area contributed by atoms with Crippen molar-refractivity contribution < 1.29 is 56.9 Å². The number of carbonyl (C=O) groups excluding carboxylic acids is 1. The smallest absolute Gasteiger partial charge is 0.305 e. The monoisotopic (exact) mass is 626 g/mol. The first-order chi connectivity index (χ1) is 21.3. The molecule has 0 heterocycles.